The summed E-state index contributed by atoms with van der Waals surface area (Å²) < 4.78 is 72.1. The van der Waals surface area contributed by atoms with Crippen LogP contribution < -0.4 is 4.72 Å². The molecule has 2 aromatic rings. The molecule has 3 rings (SSSR count). The van der Waals surface area contributed by atoms with Gasteiger partial charge in [0.2, 0.25) is 10.0 Å². The van der Waals surface area contributed by atoms with Crippen LogP contribution in [0.1, 0.15) is 18.4 Å². The zero-order chi connectivity index (χ0) is 22.1. The van der Waals surface area contributed by atoms with Crippen molar-refractivity contribution in [3.63, 3.8) is 0 Å². The predicted octanol–water partition coefficient (Wildman–Crippen LogP) is 2.17. The number of aromatic nitrogens is 2. The van der Waals surface area contributed by atoms with E-state index in [4.69, 9.17) is 4.74 Å². The zero-order valence-corrected chi connectivity index (χ0v) is 17.0. The molecule has 0 aliphatic heterocycles. The van der Waals surface area contributed by atoms with Gasteiger partial charge in [-0.25, -0.2) is 36.3 Å². The molecule has 1 aliphatic carbocycles. The molecule has 3 atom stereocenters. The Kier molecular flexibility index (Phi) is 6.14. The van der Waals surface area contributed by atoms with E-state index in [1.54, 1.807) is 0 Å². The fraction of sp³-hybridized carbons (Fsp3) is 0.421. The van der Waals surface area contributed by atoms with Crippen LogP contribution in [0.5, 0.6) is 0 Å². The highest BCUT2D eigenvalue weighted by atomic mass is 32.2. The summed E-state index contributed by atoms with van der Waals surface area (Å²) in [5.74, 6) is -2.06. The van der Waals surface area contributed by atoms with Crippen molar-refractivity contribution in [1.29, 1.82) is 0 Å². The highest BCUT2D eigenvalue weighted by molar-refractivity contribution is 7.88. The number of carbonyl (C=O) groups excluding carboxylic acids is 1. The lowest BCUT2D eigenvalue weighted by Gasteiger charge is -2.26. The van der Waals surface area contributed by atoms with Gasteiger partial charge in [0.15, 0.2) is 11.6 Å². The molecule has 0 bridgehead atoms. The third-order valence-electron chi connectivity index (χ3n) is 5.05. The first-order valence-corrected chi connectivity index (χ1v) is 10.9. The second-order valence-electron chi connectivity index (χ2n) is 7.41. The summed E-state index contributed by atoms with van der Waals surface area (Å²) in [7, 11) is -2.52. The van der Waals surface area contributed by atoms with Gasteiger partial charge < -0.3 is 4.74 Å². The fourth-order valence-corrected chi connectivity index (χ4v) is 4.61. The van der Waals surface area contributed by atoms with Crippen LogP contribution in [0.25, 0.3) is 11.4 Å². The standard InChI is InChI=1S/C19H20F3N3O4S/c1-29-18(26)19(7-15(22)16(8-19)25-30(2,27)28)6-11-3-4-14(21)13(5-11)17-23-9-12(20)10-24-17/h3-5,9-10,15-16,25H,6-8H2,1-2H3/t15-,16-,19+/m1/s1. The molecule has 1 fully saturated rings. The number of esters is 1. The Balaban J connectivity index is 1.94. The number of benzene rings is 1. The number of alkyl halides is 1. The highest BCUT2D eigenvalue weighted by Crippen LogP contribution is 2.44. The van der Waals surface area contributed by atoms with Gasteiger partial charge in [0.05, 0.1) is 42.8 Å². The van der Waals surface area contributed by atoms with E-state index in [9.17, 15) is 26.4 Å². The summed E-state index contributed by atoms with van der Waals surface area (Å²) in [6.07, 6.45) is 0.718. The summed E-state index contributed by atoms with van der Waals surface area (Å²) >= 11 is 0. The summed E-state index contributed by atoms with van der Waals surface area (Å²) in [6, 6.07) is 2.89. The van der Waals surface area contributed by atoms with Gasteiger partial charge in [-0.2, -0.15) is 0 Å². The second kappa shape index (κ2) is 8.31. The van der Waals surface area contributed by atoms with Gasteiger partial charge in [0.25, 0.3) is 0 Å². The van der Waals surface area contributed by atoms with Crippen LogP contribution in [0.2, 0.25) is 0 Å². The molecule has 11 heteroatoms. The minimum atomic E-state index is -3.69. The Morgan fingerprint density at radius 1 is 1.27 bits per heavy atom. The molecule has 0 saturated heterocycles. The normalized spacial score (nSPS) is 24.0. The summed E-state index contributed by atoms with van der Waals surface area (Å²) in [5.41, 5.74) is -0.875. The van der Waals surface area contributed by atoms with E-state index in [0.717, 1.165) is 31.8 Å². The summed E-state index contributed by atoms with van der Waals surface area (Å²) in [4.78, 5) is 20.1. The van der Waals surface area contributed by atoms with Gasteiger partial charge >= 0.3 is 5.97 Å². The Morgan fingerprint density at radius 2 is 1.93 bits per heavy atom. The van der Waals surface area contributed by atoms with E-state index >= 15 is 0 Å². The fourth-order valence-electron chi connectivity index (χ4n) is 3.83. The van der Waals surface area contributed by atoms with E-state index in [1.165, 1.54) is 12.1 Å². The molecule has 1 heterocycles. The van der Waals surface area contributed by atoms with Gasteiger partial charge in [0, 0.05) is 0 Å². The number of ether oxygens (including phenoxy) is 1. The maximum Gasteiger partial charge on any atom is 0.312 e. The molecular weight excluding hydrogens is 423 g/mol. The second-order valence-corrected chi connectivity index (χ2v) is 9.19. The number of hydrogen-bond donors (Lipinski definition) is 1. The Labute approximate surface area is 171 Å². The maximum absolute atomic E-state index is 14.6. The monoisotopic (exact) mass is 443 g/mol. The smallest absolute Gasteiger partial charge is 0.312 e. The lowest BCUT2D eigenvalue weighted by atomic mass is 9.79. The van der Waals surface area contributed by atoms with Crippen LogP contribution in [0, 0.1) is 17.0 Å². The first-order valence-electron chi connectivity index (χ1n) is 8.99. The molecular formula is C19H20F3N3O4S. The minimum absolute atomic E-state index is 0.00637. The largest absolute Gasteiger partial charge is 0.469 e. The molecule has 0 unspecified atom stereocenters. The molecule has 7 nitrogen and oxygen atoms in total. The van der Waals surface area contributed by atoms with Gasteiger partial charge in [-0.3, -0.25) is 4.79 Å². The Bertz CT molecular complexity index is 1050. The number of carbonyl (C=O) groups is 1. The van der Waals surface area contributed by atoms with Crippen LogP contribution in [0.15, 0.2) is 30.6 Å². The minimum Gasteiger partial charge on any atom is -0.469 e. The molecule has 1 N–H and O–H groups in total. The third kappa shape index (κ3) is 4.78. The average Bonchev–Trinajstić information content (AvgIpc) is 2.98. The van der Waals surface area contributed by atoms with Crippen LogP contribution in [-0.2, 0) is 26.0 Å². The number of nitrogens with one attached hydrogen (secondary N) is 1. The van der Waals surface area contributed by atoms with Crippen molar-refractivity contribution in [3.05, 3.63) is 47.8 Å². The van der Waals surface area contributed by atoms with Crippen molar-refractivity contribution >= 4 is 16.0 Å². The number of halogens is 3. The molecule has 1 aromatic carbocycles. The first kappa shape index (κ1) is 22.2. The topological polar surface area (TPSA) is 98.2 Å². The van der Waals surface area contributed by atoms with Crippen molar-refractivity contribution in [1.82, 2.24) is 14.7 Å². The molecule has 0 amide bonds. The Hall–Kier alpha value is -2.53. The van der Waals surface area contributed by atoms with Crippen LogP contribution in [0.3, 0.4) is 0 Å². The summed E-state index contributed by atoms with van der Waals surface area (Å²) in [6.45, 7) is 0. The molecule has 0 spiro atoms. The summed E-state index contributed by atoms with van der Waals surface area (Å²) in [5, 5.41) is 0. The zero-order valence-electron chi connectivity index (χ0n) is 16.2. The van der Waals surface area contributed by atoms with Crippen molar-refractivity contribution in [2.45, 2.75) is 31.5 Å². The SMILES string of the molecule is COC(=O)[C@@]1(Cc2ccc(F)c(-c3ncc(F)cn3)c2)C[C@@H](F)[C@H](NS(C)(=O)=O)C1. The first-order chi connectivity index (χ1) is 14.0. The quantitative estimate of drug-likeness (QED) is 0.688. The van der Waals surface area contributed by atoms with Gasteiger partial charge in [-0.15, -0.1) is 0 Å². The van der Waals surface area contributed by atoms with E-state index in [2.05, 4.69) is 14.7 Å². The van der Waals surface area contributed by atoms with Gasteiger partial charge in [-0.1, -0.05) is 6.07 Å². The van der Waals surface area contributed by atoms with Gasteiger partial charge in [-0.05, 0) is 37.0 Å². The van der Waals surface area contributed by atoms with E-state index in [-0.39, 0.29) is 30.7 Å². The van der Waals surface area contributed by atoms with E-state index < -0.39 is 45.3 Å². The number of sulfonamides is 1. The molecule has 1 aromatic heterocycles. The predicted molar refractivity (Wildman–Crippen MR) is 101 cm³/mol. The molecule has 1 saturated carbocycles. The number of methoxy groups -OCH3 is 1. The molecule has 0 radical (unpaired) electrons. The molecule has 30 heavy (non-hydrogen) atoms. The lowest BCUT2D eigenvalue weighted by molar-refractivity contribution is -0.152. The maximum atomic E-state index is 14.6. The van der Waals surface area contributed by atoms with E-state index in [0.29, 0.717) is 5.56 Å². The highest BCUT2D eigenvalue weighted by Gasteiger charge is 2.52. The van der Waals surface area contributed by atoms with Crippen molar-refractivity contribution in [2.75, 3.05) is 13.4 Å². The lowest BCUT2D eigenvalue weighted by Crippen LogP contribution is -2.39. The molecule has 162 valence electrons. The van der Waals surface area contributed by atoms with Crippen molar-refractivity contribution in [3.8, 4) is 11.4 Å². The van der Waals surface area contributed by atoms with Crippen molar-refractivity contribution < 1.29 is 31.1 Å². The number of rotatable bonds is 6. The third-order valence-corrected chi connectivity index (χ3v) is 5.78. The average molecular weight is 443 g/mol. The number of hydrogen-bond acceptors (Lipinski definition) is 6. The Morgan fingerprint density at radius 3 is 2.53 bits per heavy atom. The van der Waals surface area contributed by atoms with Crippen LogP contribution in [0.4, 0.5) is 13.2 Å². The van der Waals surface area contributed by atoms with Crippen LogP contribution >= 0.6 is 0 Å². The number of nitrogens with zero attached hydrogens (tertiary/aromatic N) is 2. The van der Waals surface area contributed by atoms with E-state index in [1.807, 2.05) is 0 Å². The molecule has 1 aliphatic rings. The van der Waals surface area contributed by atoms with Crippen LogP contribution in [-0.4, -0.2) is 49.9 Å². The van der Waals surface area contributed by atoms with Crippen molar-refractivity contribution in [2.24, 2.45) is 5.41 Å². The van der Waals surface area contributed by atoms with Gasteiger partial charge in [0.1, 0.15) is 12.0 Å².